The first-order valence-electron chi connectivity index (χ1n) is 10.1. The number of methoxy groups -OCH3 is 4. The highest BCUT2D eigenvalue weighted by Gasteiger charge is 2.13. The van der Waals surface area contributed by atoms with E-state index in [1.165, 1.54) is 0 Å². The molecule has 0 aliphatic carbocycles. The lowest BCUT2D eigenvalue weighted by atomic mass is 10.1. The summed E-state index contributed by atoms with van der Waals surface area (Å²) in [7, 11) is 8.30. The lowest BCUT2D eigenvalue weighted by Crippen LogP contribution is -2.32. The Morgan fingerprint density at radius 3 is 2.26 bits per heavy atom. The fourth-order valence-corrected chi connectivity index (χ4v) is 3.00. The molecule has 0 spiro atoms. The van der Waals surface area contributed by atoms with Crippen LogP contribution in [0.15, 0.2) is 41.4 Å². The van der Waals surface area contributed by atoms with Gasteiger partial charge in [0, 0.05) is 63.2 Å². The van der Waals surface area contributed by atoms with E-state index in [1.807, 2.05) is 36.4 Å². The Morgan fingerprint density at radius 2 is 1.65 bits per heavy atom. The maximum Gasteiger partial charge on any atom is 0.195 e. The summed E-state index contributed by atoms with van der Waals surface area (Å²) in [5.74, 6) is 3.58. The van der Waals surface area contributed by atoms with Gasteiger partial charge in [-0.05, 0) is 18.6 Å². The van der Waals surface area contributed by atoms with Crippen LogP contribution in [0.4, 0.5) is 5.69 Å². The number of nitrogens with one attached hydrogen (secondary N) is 2. The van der Waals surface area contributed by atoms with Crippen LogP contribution in [-0.4, -0.2) is 61.2 Å². The van der Waals surface area contributed by atoms with Crippen molar-refractivity contribution in [3.63, 3.8) is 0 Å². The summed E-state index contributed by atoms with van der Waals surface area (Å²) in [6.07, 6.45) is 1.52. The van der Waals surface area contributed by atoms with Crippen LogP contribution in [0.3, 0.4) is 0 Å². The van der Waals surface area contributed by atoms with Gasteiger partial charge in [-0.25, -0.2) is 0 Å². The second-order valence-electron chi connectivity index (χ2n) is 6.61. The van der Waals surface area contributed by atoms with Crippen LogP contribution in [0, 0.1) is 0 Å². The fourth-order valence-electron chi connectivity index (χ4n) is 3.00. The molecule has 2 aromatic carbocycles. The van der Waals surface area contributed by atoms with Crippen molar-refractivity contribution in [1.82, 2.24) is 5.32 Å². The van der Waals surface area contributed by atoms with Crippen LogP contribution < -0.4 is 29.6 Å². The van der Waals surface area contributed by atoms with Crippen molar-refractivity contribution < 1.29 is 23.7 Å². The Balaban J connectivity index is 1.95. The van der Waals surface area contributed by atoms with Gasteiger partial charge in [0.1, 0.15) is 23.0 Å². The average Bonchev–Trinajstić information content (AvgIpc) is 2.81. The molecule has 0 aliphatic rings. The summed E-state index contributed by atoms with van der Waals surface area (Å²) in [4.78, 5) is 4.30. The van der Waals surface area contributed by atoms with Gasteiger partial charge in [-0.3, -0.25) is 4.99 Å². The predicted molar refractivity (Wildman–Crippen MR) is 123 cm³/mol. The largest absolute Gasteiger partial charge is 0.496 e. The number of guanidine groups is 1. The van der Waals surface area contributed by atoms with Crippen LogP contribution in [0.5, 0.6) is 23.0 Å². The van der Waals surface area contributed by atoms with E-state index in [0.29, 0.717) is 37.9 Å². The topological polar surface area (TPSA) is 82.6 Å². The van der Waals surface area contributed by atoms with E-state index in [2.05, 4.69) is 15.6 Å². The van der Waals surface area contributed by atoms with Gasteiger partial charge < -0.3 is 34.3 Å². The van der Waals surface area contributed by atoms with Gasteiger partial charge >= 0.3 is 0 Å². The molecule has 0 bridgehead atoms. The molecule has 0 saturated carbocycles. The maximum atomic E-state index is 5.75. The van der Waals surface area contributed by atoms with Crippen LogP contribution in [0.1, 0.15) is 12.0 Å². The molecule has 0 heterocycles. The Hall–Kier alpha value is -3.13. The van der Waals surface area contributed by atoms with E-state index in [9.17, 15) is 0 Å². The molecule has 2 N–H and O–H groups in total. The molecular formula is C23H33N3O5. The molecule has 0 unspecified atom stereocenters. The monoisotopic (exact) mass is 431 g/mol. The highest BCUT2D eigenvalue weighted by molar-refractivity contribution is 5.93. The maximum absolute atomic E-state index is 5.75. The first-order valence-corrected chi connectivity index (χ1v) is 10.1. The summed E-state index contributed by atoms with van der Waals surface area (Å²) in [5.41, 5.74) is 1.84. The standard InChI is InChI=1S/C23H33N3O5/c1-24-23(26-17-8-6-9-18(14-17)31-13-7-12-27-2)25-11-10-20-21(29-4)15-19(28-3)16-22(20)30-5/h6,8-9,14-16H,7,10-13H2,1-5H3,(H2,24,25,26). The van der Waals surface area contributed by atoms with Crippen molar-refractivity contribution in [2.24, 2.45) is 4.99 Å². The minimum Gasteiger partial charge on any atom is -0.496 e. The number of hydrogen-bond donors (Lipinski definition) is 2. The van der Waals surface area contributed by atoms with Crippen LogP contribution in [-0.2, 0) is 11.2 Å². The molecule has 170 valence electrons. The van der Waals surface area contributed by atoms with E-state index < -0.39 is 0 Å². The second kappa shape index (κ2) is 13.2. The number of benzene rings is 2. The Morgan fingerprint density at radius 1 is 0.903 bits per heavy atom. The lowest BCUT2D eigenvalue weighted by molar-refractivity contribution is 0.172. The van der Waals surface area contributed by atoms with Crippen LogP contribution in [0.25, 0.3) is 0 Å². The van der Waals surface area contributed by atoms with E-state index >= 15 is 0 Å². The zero-order valence-electron chi connectivity index (χ0n) is 19.0. The molecule has 0 saturated heterocycles. The number of anilines is 1. The van der Waals surface area contributed by atoms with Gasteiger partial charge in [-0.15, -0.1) is 0 Å². The zero-order chi connectivity index (χ0) is 22.5. The van der Waals surface area contributed by atoms with Gasteiger partial charge in [0.15, 0.2) is 5.96 Å². The van der Waals surface area contributed by atoms with E-state index in [0.717, 1.165) is 34.9 Å². The van der Waals surface area contributed by atoms with Crippen molar-refractivity contribution in [3.05, 3.63) is 42.0 Å². The normalized spacial score (nSPS) is 11.1. The quantitative estimate of drug-likeness (QED) is 0.303. The number of rotatable bonds is 12. The number of nitrogens with zero attached hydrogens (tertiary/aromatic N) is 1. The number of hydrogen-bond acceptors (Lipinski definition) is 6. The molecule has 0 radical (unpaired) electrons. The second-order valence-corrected chi connectivity index (χ2v) is 6.61. The van der Waals surface area contributed by atoms with Crippen LogP contribution >= 0.6 is 0 Å². The summed E-state index contributed by atoms with van der Waals surface area (Å²) in [6.45, 7) is 1.92. The first-order chi connectivity index (χ1) is 15.1. The Bertz CT molecular complexity index is 817. The highest BCUT2D eigenvalue weighted by Crippen LogP contribution is 2.34. The molecule has 0 amide bonds. The zero-order valence-corrected chi connectivity index (χ0v) is 19.0. The molecule has 31 heavy (non-hydrogen) atoms. The SMILES string of the molecule is CN=C(NCCc1c(OC)cc(OC)cc1OC)Nc1cccc(OCCCOC)c1. The smallest absolute Gasteiger partial charge is 0.195 e. The first kappa shape index (κ1) is 24.1. The van der Waals surface area contributed by atoms with E-state index in [4.69, 9.17) is 23.7 Å². The molecule has 2 rings (SSSR count). The molecule has 0 fully saturated rings. The molecule has 0 aliphatic heterocycles. The minimum absolute atomic E-state index is 0.607. The van der Waals surface area contributed by atoms with Gasteiger partial charge in [-0.2, -0.15) is 0 Å². The van der Waals surface area contributed by atoms with Crippen LogP contribution in [0.2, 0.25) is 0 Å². The number of ether oxygens (including phenoxy) is 5. The third-order valence-corrected chi connectivity index (χ3v) is 4.57. The Labute approximate surface area is 184 Å². The van der Waals surface area contributed by atoms with Gasteiger partial charge in [-0.1, -0.05) is 6.07 Å². The van der Waals surface area contributed by atoms with Crippen molar-refractivity contribution in [1.29, 1.82) is 0 Å². The average molecular weight is 432 g/mol. The van der Waals surface area contributed by atoms with Crippen molar-refractivity contribution in [2.45, 2.75) is 12.8 Å². The van der Waals surface area contributed by atoms with Gasteiger partial charge in [0.05, 0.1) is 27.9 Å². The predicted octanol–water partition coefficient (Wildman–Crippen LogP) is 3.36. The summed E-state index contributed by atoms with van der Waals surface area (Å²) in [5, 5.41) is 6.60. The fraction of sp³-hybridized carbons (Fsp3) is 0.435. The third-order valence-electron chi connectivity index (χ3n) is 4.57. The molecule has 2 aromatic rings. The molecule has 8 heteroatoms. The van der Waals surface area contributed by atoms with Gasteiger partial charge in [0.25, 0.3) is 0 Å². The minimum atomic E-state index is 0.607. The summed E-state index contributed by atoms with van der Waals surface area (Å²) >= 11 is 0. The van der Waals surface area contributed by atoms with Crippen molar-refractivity contribution in [2.75, 3.05) is 60.6 Å². The van der Waals surface area contributed by atoms with Crippen molar-refractivity contribution in [3.8, 4) is 23.0 Å². The molecule has 8 nitrogen and oxygen atoms in total. The van der Waals surface area contributed by atoms with Gasteiger partial charge in [0.2, 0.25) is 0 Å². The lowest BCUT2D eigenvalue weighted by Gasteiger charge is -2.17. The molecule has 0 aromatic heterocycles. The number of aliphatic imine (C=N–C) groups is 1. The Kier molecular flexibility index (Phi) is 10.3. The highest BCUT2D eigenvalue weighted by atomic mass is 16.5. The van der Waals surface area contributed by atoms with E-state index in [-0.39, 0.29) is 0 Å². The summed E-state index contributed by atoms with van der Waals surface area (Å²) < 4.78 is 27.1. The third kappa shape index (κ3) is 7.57. The van der Waals surface area contributed by atoms with E-state index in [1.54, 1.807) is 35.5 Å². The van der Waals surface area contributed by atoms with Crippen molar-refractivity contribution >= 4 is 11.6 Å². The molecular weight excluding hydrogens is 398 g/mol. The summed E-state index contributed by atoms with van der Waals surface area (Å²) in [6, 6.07) is 11.5. The molecule has 0 atom stereocenters.